The molecule has 0 aliphatic heterocycles. The molecule has 1 aromatic rings. The normalized spacial score (nSPS) is 10.9. The van der Waals surface area contributed by atoms with Gasteiger partial charge >= 0.3 is 5.69 Å². The van der Waals surface area contributed by atoms with E-state index in [-0.39, 0.29) is 12.3 Å². The largest absolute Gasteiger partial charge is 0.473 e. The van der Waals surface area contributed by atoms with Crippen LogP contribution in [0.4, 0.5) is 0 Å². The van der Waals surface area contributed by atoms with Gasteiger partial charge in [0.1, 0.15) is 6.61 Å². The Morgan fingerprint density at radius 3 is 3.00 bits per heavy atom. The van der Waals surface area contributed by atoms with Crippen molar-refractivity contribution < 1.29 is 9.84 Å². The van der Waals surface area contributed by atoms with Crippen molar-refractivity contribution in [1.82, 2.24) is 9.55 Å². The van der Waals surface area contributed by atoms with E-state index in [1.165, 1.54) is 4.57 Å². The summed E-state index contributed by atoms with van der Waals surface area (Å²) in [5.41, 5.74) is 0.455. The number of hydrogen-bond donors (Lipinski definition) is 1. The molecule has 0 radical (unpaired) electrons. The first-order valence-electron chi connectivity index (χ1n) is 4.58. The van der Waals surface area contributed by atoms with Crippen molar-refractivity contribution in [2.75, 3.05) is 13.2 Å². The summed E-state index contributed by atoms with van der Waals surface area (Å²) in [6.45, 7) is 2.09. The quantitative estimate of drug-likeness (QED) is 0.711. The summed E-state index contributed by atoms with van der Waals surface area (Å²) in [7, 11) is 1.64. The smallest absolute Gasteiger partial charge is 0.350 e. The maximum absolute atomic E-state index is 11.2. The Labute approximate surface area is 87.7 Å². The Balaban J connectivity index is 2.73. The summed E-state index contributed by atoms with van der Waals surface area (Å²) in [6, 6.07) is 0. The van der Waals surface area contributed by atoms with E-state index < -0.39 is 0 Å². The summed E-state index contributed by atoms with van der Waals surface area (Å²) in [4.78, 5) is 15.0. The van der Waals surface area contributed by atoms with Gasteiger partial charge in [-0.25, -0.2) is 4.79 Å². The number of hydrogen-bond acceptors (Lipinski definition) is 4. The zero-order valence-corrected chi connectivity index (χ0v) is 8.80. The van der Waals surface area contributed by atoms with Crippen molar-refractivity contribution in [2.45, 2.75) is 6.92 Å². The number of aromatic nitrogens is 2. The fourth-order valence-electron chi connectivity index (χ4n) is 1.07. The number of rotatable bonds is 4. The fraction of sp³-hybridized carbons (Fsp3) is 0.400. The average Bonchev–Trinajstić information content (AvgIpc) is 2.20. The van der Waals surface area contributed by atoms with Gasteiger partial charge in [-0.15, -0.1) is 0 Å². The third-order valence-electron chi connectivity index (χ3n) is 1.81. The monoisotopic (exact) mass is 210 g/mol. The minimum Gasteiger partial charge on any atom is -0.473 e. The fourth-order valence-corrected chi connectivity index (χ4v) is 1.07. The lowest BCUT2D eigenvalue weighted by Crippen LogP contribution is -2.20. The Hall–Kier alpha value is -1.62. The van der Waals surface area contributed by atoms with Gasteiger partial charge < -0.3 is 14.4 Å². The highest BCUT2D eigenvalue weighted by Crippen LogP contribution is 2.09. The van der Waals surface area contributed by atoms with Crippen LogP contribution in [0.3, 0.4) is 0 Å². The molecule has 0 fully saturated rings. The molecule has 0 spiro atoms. The molecule has 0 unspecified atom stereocenters. The highest BCUT2D eigenvalue weighted by Gasteiger charge is 2.02. The lowest BCUT2D eigenvalue weighted by Gasteiger charge is -2.06. The van der Waals surface area contributed by atoms with Crippen LogP contribution in [0.25, 0.3) is 0 Å². The maximum atomic E-state index is 11.2. The summed E-state index contributed by atoms with van der Waals surface area (Å²) in [5.74, 6) is 0.334. The van der Waals surface area contributed by atoms with Crippen LogP contribution in [0, 0.1) is 6.92 Å². The van der Waals surface area contributed by atoms with E-state index in [4.69, 9.17) is 9.84 Å². The topological polar surface area (TPSA) is 64.4 Å². The molecule has 1 rings (SSSR count). The first-order valence-corrected chi connectivity index (χ1v) is 4.58. The molecule has 5 heteroatoms. The number of aliphatic hydroxyl groups is 1. The van der Waals surface area contributed by atoms with Crippen LogP contribution >= 0.6 is 0 Å². The molecule has 82 valence electrons. The lowest BCUT2D eigenvalue weighted by atomic mass is 10.4. The van der Waals surface area contributed by atoms with Crippen molar-refractivity contribution in [3.63, 3.8) is 0 Å². The minimum absolute atomic E-state index is 0.0215. The SMILES string of the molecule is Cc1cn(C)c(=O)nc1OC/C=C/CO. The highest BCUT2D eigenvalue weighted by molar-refractivity contribution is 5.20. The summed E-state index contributed by atoms with van der Waals surface area (Å²) >= 11 is 0. The van der Waals surface area contributed by atoms with E-state index in [9.17, 15) is 4.79 Å². The van der Waals surface area contributed by atoms with E-state index in [0.29, 0.717) is 12.5 Å². The van der Waals surface area contributed by atoms with Crippen molar-refractivity contribution in [3.8, 4) is 5.88 Å². The van der Waals surface area contributed by atoms with Crippen molar-refractivity contribution in [1.29, 1.82) is 0 Å². The van der Waals surface area contributed by atoms with Gasteiger partial charge in [0, 0.05) is 18.8 Å². The van der Waals surface area contributed by atoms with E-state index >= 15 is 0 Å². The molecule has 0 aliphatic rings. The second-order valence-corrected chi connectivity index (χ2v) is 3.09. The van der Waals surface area contributed by atoms with E-state index in [2.05, 4.69) is 4.98 Å². The maximum Gasteiger partial charge on any atom is 0.350 e. The zero-order valence-electron chi connectivity index (χ0n) is 8.80. The summed E-state index contributed by atoms with van der Waals surface area (Å²) < 4.78 is 6.65. The number of aliphatic hydroxyl groups excluding tert-OH is 1. The number of ether oxygens (including phenoxy) is 1. The Bertz CT molecular complexity index is 410. The van der Waals surface area contributed by atoms with Gasteiger partial charge in [-0.05, 0) is 13.0 Å². The van der Waals surface area contributed by atoms with Crippen LogP contribution in [0.5, 0.6) is 5.88 Å². The standard InChI is InChI=1S/C10H14N2O3/c1-8-7-12(2)10(14)11-9(8)15-6-4-3-5-13/h3-4,7,13H,5-6H2,1-2H3/b4-3+. The molecular formula is C10H14N2O3. The second-order valence-electron chi connectivity index (χ2n) is 3.09. The molecular weight excluding hydrogens is 196 g/mol. The lowest BCUT2D eigenvalue weighted by molar-refractivity contribution is 0.329. The molecule has 0 saturated carbocycles. The van der Waals surface area contributed by atoms with Crippen molar-refractivity contribution in [2.24, 2.45) is 7.05 Å². The first kappa shape index (κ1) is 11.5. The molecule has 1 N–H and O–H groups in total. The van der Waals surface area contributed by atoms with Crippen LogP contribution in [0.1, 0.15) is 5.56 Å². The highest BCUT2D eigenvalue weighted by atomic mass is 16.5. The van der Waals surface area contributed by atoms with Gasteiger partial charge in [0.25, 0.3) is 0 Å². The van der Waals surface area contributed by atoms with Gasteiger partial charge in [-0.1, -0.05) is 6.08 Å². The van der Waals surface area contributed by atoms with Crippen LogP contribution in [-0.2, 0) is 7.05 Å². The molecule has 0 aliphatic carbocycles. The number of nitrogens with zero attached hydrogens (tertiary/aromatic N) is 2. The molecule has 0 aromatic carbocycles. The Kier molecular flexibility index (Phi) is 4.05. The van der Waals surface area contributed by atoms with Crippen LogP contribution < -0.4 is 10.4 Å². The van der Waals surface area contributed by atoms with E-state index in [1.54, 1.807) is 25.4 Å². The third-order valence-corrected chi connectivity index (χ3v) is 1.81. The van der Waals surface area contributed by atoms with Crippen molar-refractivity contribution in [3.05, 3.63) is 34.4 Å². The molecule has 1 aromatic heterocycles. The van der Waals surface area contributed by atoms with Crippen molar-refractivity contribution >= 4 is 0 Å². The predicted octanol–water partition coefficient (Wildman–Crippen LogP) is 0.0160. The van der Waals surface area contributed by atoms with Gasteiger partial charge in [0.2, 0.25) is 5.88 Å². The summed E-state index contributed by atoms with van der Waals surface area (Å²) in [5, 5.41) is 8.49. The van der Waals surface area contributed by atoms with E-state index in [1.807, 2.05) is 6.92 Å². The van der Waals surface area contributed by atoms with Crippen LogP contribution in [0.15, 0.2) is 23.1 Å². The molecule has 0 amide bonds. The minimum atomic E-state index is -0.346. The van der Waals surface area contributed by atoms with E-state index in [0.717, 1.165) is 5.56 Å². The van der Waals surface area contributed by atoms with Crippen LogP contribution in [0.2, 0.25) is 0 Å². The molecule has 5 nitrogen and oxygen atoms in total. The zero-order chi connectivity index (χ0) is 11.3. The first-order chi connectivity index (χ1) is 7.15. The van der Waals surface area contributed by atoms with Gasteiger partial charge in [-0.2, -0.15) is 4.98 Å². The molecule has 0 bridgehead atoms. The molecule has 0 atom stereocenters. The number of aryl methyl sites for hydroxylation is 2. The van der Waals surface area contributed by atoms with Gasteiger partial charge in [0.05, 0.1) is 6.61 Å². The second kappa shape index (κ2) is 5.31. The van der Waals surface area contributed by atoms with Gasteiger partial charge in [-0.3, -0.25) is 0 Å². The Morgan fingerprint density at radius 2 is 2.33 bits per heavy atom. The molecule has 15 heavy (non-hydrogen) atoms. The predicted molar refractivity (Wildman–Crippen MR) is 55.9 cm³/mol. The Morgan fingerprint density at radius 1 is 1.60 bits per heavy atom. The summed E-state index contributed by atoms with van der Waals surface area (Å²) in [6.07, 6.45) is 4.90. The average molecular weight is 210 g/mol. The molecule has 1 heterocycles. The third kappa shape index (κ3) is 3.21. The molecule has 0 saturated heterocycles. The van der Waals surface area contributed by atoms with Gasteiger partial charge in [0.15, 0.2) is 0 Å². The van der Waals surface area contributed by atoms with Crippen LogP contribution in [-0.4, -0.2) is 27.9 Å².